The molecule has 0 aliphatic carbocycles. The minimum absolute atomic E-state index is 0.111. The summed E-state index contributed by atoms with van der Waals surface area (Å²) in [6.07, 6.45) is -0.223. The van der Waals surface area contributed by atoms with Gasteiger partial charge in [-0.25, -0.2) is 4.68 Å². The molecule has 7 nitrogen and oxygen atoms in total. The van der Waals surface area contributed by atoms with Crippen LogP contribution in [0.3, 0.4) is 0 Å². The Bertz CT molecular complexity index is 854. The van der Waals surface area contributed by atoms with Gasteiger partial charge in [-0.2, -0.15) is 22.5 Å². The minimum Gasteiger partial charge on any atom is -0.373 e. The van der Waals surface area contributed by atoms with Crippen LogP contribution in [0, 0.1) is 13.8 Å². The van der Waals surface area contributed by atoms with Gasteiger partial charge in [0.15, 0.2) is 0 Å². The standard InChI is InChI=1S/C18H26N4O3S/c1-13-11-21(12-14(2)25-13)26(23,24)19-10-18-15(3)20-22(16(18)4)17-8-6-5-7-9-17/h5-9,13-14,19H,10-12H2,1-4H3. The third-order valence-corrected chi connectivity index (χ3v) is 6.09. The van der Waals surface area contributed by atoms with E-state index >= 15 is 0 Å². The van der Waals surface area contributed by atoms with Crippen LogP contribution in [0.2, 0.25) is 0 Å². The Balaban J connectivity index is 1.76. The van der Waals surface area contributed by atoms with E-state index in [1.807, 2.05) is 62.7 Å². The van der Waals surface area contributed by atoms with Crippen LogP contribution in [0.15, 0.2) is 30.3 Å². The molecule has 2 unspecified atom stereocenters. The molecule has 1 aliphatic heterocycles. The van der Waals surface area contributed by atoms with E-state index in [1.165, 1.54) is 4.31 Å². The normalized spacial score (nSPS) is 21.8. The summed E-state index contributed by atoms with van der Waals surface area (Å²) in [5.74, 6) is 0. The molecule has 2 heterocycles. The Morgan fingerprint density at radius 3 is 2.38 bits per heavy atom. The first kappa shape index (κ1) is 19.0. The lowest BCUT2D eigenvalue weighted by Gasteiger charge is -2.34. The summed E-state index contributed by atoms with van der Waals surface area (Å²) in [6.45, 7) is 8.56. The highest BCUT2D eigenvalue weighted by molar-refractivity contribution is 7.87. The van der Waals surface area contributed by atoms with Gasteiger partial charge in [0.1, 0.15) is 0 Å². The number of ether oxygens (including phenoxy) is 1. The van der Waals surface area contributed by atoms with Crippen molar-refractivity contribution in [3.63, 3.8) is 0 Å². The summed E-state index contributed by atoms with van der Waals surface area (Å²) < 4.78 is 37.0. The maximum atomic E-state index is 12.7. The van der Waals surface area contributed by atoms with Crippen LogP contribution in [0.1, 0.15) is 30.8 Å². The number of nitrogens with one attached hydrogen (secondary N) is 1. The van der Waals surface area contributed by atoms with Crippen LogP contribution in [0.4, 0.5) is 0 Å². The minimum atomic E-state index is -3.57. The molecule has 0 saturated carbocycles. The molecule has 1 aromatic heterocycles. The summed E-state index contributed by atoms with van der Waals surface area (Å²) in [7, 11) is -3.57. The lowest BCUT2D eigenvalue weighted by molar-refractivity contribution is -0.0444. The van der Waals surface area contributed by atoms with E-state index in [0.717, 1.165) is 22.6 Å². The summed E-state index contributed by atoms with van der Waals surface area (Å²) in [5.41, 5.74) is 3.60. The number of rotatable bonds is 5. The first-order valence-electron chi connectivity index (χ1n) is 8.78. The van der Waals surface area contributed by atoms with Crippen molar-refractivity contribution in [1.82, 2.24) is 18.8 Å². The molecule has 0 spiro atoms. The molecular formula is C18H26N4O3S. The van der Waals surface area contributed by atoms with Crippen molar-refractivity contribution in [2.24, 2.45) is 0 Å². The van der Waals surface area contributed by atoms with Crippen molar-refractivity contribution >= 4 is 10.2 Å². The molecule has 2 aromatic rings. The van der Waals surface area contributed by atoms with Crippen LogP contribution in [-0.2, 0) is 21.5 Å². The molecule has 1 aliphatic rings. The first-order chi connectivity index (χ1) is 12.3. The zero-order valence-electron chi connectivity index (χ0n) is 15.6. The summed E-state index contributed by atoms with van der Waals surface area (Å²) in [6, 6.07) is 9.81. The van der Waals surface area contributed by atoms with Crippen molar-refractivity contribution in [1.29, 1.82) is 0 Å². The molecule has 1 aromatic carbocycles. The van der Waals surface area contributed by atoms with Gasteiger partial charge in [-0.1, -0.05) is 18.2 Å². The highest BCUT2D eigenvalue weighted by atomic mass is 32.2. The number of hydrogen-bond acceptors (Lipinski definition) is 4. The van der Waals surface area contributed by atoms with Crippen molar-refractivity contribution < 1.29 is 13.2 Å². The van der Waals surface area contributed by atoms with Crippen molar-refractivity contribution in [2.45, 2.75) is 46.4 Å². The van der Waals surface area contributed by atoms with Crippen molar-refractivity contribution in [3.05, 3.63) is 47.3 Å². The topological polar surface area (TPSA) is 76.5 Å². The number of hydrogen-bond donors (Lipinski definition) is 1. The molecule has 1 fully saturated rings. The van der Waals surface area contributed by atoms with E-state index in [0.29, 0.717) is 13.1 Å². The van der Waals surface area contributed by atoms with E-state index in [1.54, 1.807) is 0 Å². The molecular weight excluding hydrogens is 352 g/mol. The van der Waals surface area contributed by atoms with E-state index in [-0.39, 0.29) is 18.8 Å². The molecule has 3 rings (SSSR count). The Kier molecular flexibility index (Phi) is 5.47. The van der Waals surface area contributed by atoms with Gasteiger partial charge < -0.3 is 4.74 Å². The van der Waals surface area contributed by atoms with E-state index in [9.17, 15) is 8.42 Å². The number of benzene rings is 1. The maximum absolute atomic E-state index is 12.7. The Morgan fingerprint density at radius 2 is 1.77 bits per heavy atom. The maximum Gasteiger partial charge on any atom is 0.279 e. The molecule has 0 bridgehead atoms. The fourth-order valence-electron chi connectivity index (χ4n) is 3.33. The Labute approximate surface area is 155 Å². The molecule has 8 heteroatoms. The van der Waals surface area contributed by atoms with Crippen LogP contribution >= 0.6 is 0 Å². The lowest BCUT2D eigenvalue weighted by Crippen LogP contribution is -2.51. The van der Waals surface area contributed by atoms with Gasteiger partial charge in [-0.3, -0.25) is 0 Å². The van der Waals surface area contributed by atoms with Crippen LogP contribution in [0.5, 0.6) is 0 Å². The average Bonchev–Trinajstić information content (AvgIpc) is 2.87. The smallest absolute Gasteiger partial charge is 0.279 e. The van der Waals surface area contributed by atoms with Gasteiger partial charge in [-0.05, 0) is 39.8 Å². The van der Waals surface area contributed by atoms with E-state index < -0.39 is 10.2 Å². The predicted molar refractivity (Wildman–Crippen MR) is 100 cm³/mol. The highest BCUT2D eigenvalue weighted by Crippen LogP contribution is 2.19. The van der Waals surface area contributed by atoms with Crippen molar-refractivity contribution in [2.75, 3.05) is 13.1 Å². The second kappa shape index (κ2) is 7.48. The fraction of sp³-hybridized carbons (Fsp3) is 0.500. The van der Waals surface area contributed by atoms with Crippen LogP contribution < -0.4 is 4.72 Å². The summed E-state index contributed by atoms with van der Waals surface area (Å²) in [5, 5.41) is 4.57. The van der Waals surface area contributed by atoms with Gasteiger partial charge in [-0.15, -0.1) is 0 Å². The van der Waals surface area contributed by atoms with E-state index in [2.05, 4.69) is 9.82 Å². The number of morpholine rings is 1. The molecule has 2 atom stereocenters. The largest absolute Gasteiger partial charge is 0.373 e. The van der Waals surface area contributed by atoms with E-state index in [4.69, 9.17) is 4.74 Å². The molecule has 1 saturated heterocycles. The number of aromatic nitrogens is 2. The molecule has 0 amide bonds. The number of nitrogens with zero attached hydrogens (tertiary/aromatic N) is 3. The third-order valence-electron chi connectivity index (χ3n) is 4.60. The second-order valence-corrected chi connectivity index (χ2v) is 8.55. The summed E-state index contributed by atoms with van der Waals surface area (Å²) >= 11 is 0. The Morgan fingerprint density at radius 1 is 1.15 bits per heavy atom. The van der Waals surface area contributed by atoms with Crippen LogP contribution in [0.25, 0.3) is 5.69 Å². The highest BCUT2D eigenvalue weighted by Gasteiger charge is 2.31. The quantitative estimate of drug-likeness (QED) is 0.863. The van der Waals surface area contributed by atoms with Crippen LogP contribution in [-0.4, -0.2) is 47.8 Å². The summed E-state index contributed by atoms with van der Waals surface area (Å²) in [4.78, 5) is 0. The predicted octanol–water partition coefficient (Wildman–Crippen LogP) is 1.93. The Hall–Kier alpha value is -1.74. The number of aryl methyl sites for hydroxylation is 1. The SMILES string of the molecule is Cc1nn(-c2ccccc2)c(C)c1CNS(=O)(=O)N1CC(C)OC(C)C1. The van der Waals surface area contributed by atoms with Gasteiger partial charge in [0, 0.05) is 30.9 Å². The average molecular weight is 378 g/mol. The zero-order chi connectivity index (χ0) is 18.9. The van der Waals surface area contributed by atoms with Gasteiger partial charge >= 0.3 is 0 Å². The third kappa shape index (κ3) is 3.98. The molecule has 142 valence electrons. The molecule has 26 heavy (non-hydrogen) atoms. The molecule has 0 radical (unpaired) electrons. The van der Waals surface area contributed by atoms with Gasteiger partial charge in [0.25, 0.3) is 10.2 Å². The van der Waals surface area contributed by atoms with Gasteiger partial charge in [0.05, 0.1) is 23.6 Å². The second-order valence-electron chi connectivity index (χ2n) is 6.80. The van der Waals surface area contributed by atoms with Gasteiger partial charge in [0.2, 0.25) is 0 Å². The molecule has 1 N–H and O–H groups in total. The fourth-order valence-corrected chi connectivity index (χ4v) is 4.65. The first-order valence-corrected chi connectivity index (χ1v) is 10.2. The monoisotopic (exact) mass is 378 g/mol. The number of para-hydroxylation sites is 1. The zero-order valence-corrected chi connectivity index (χ0v) is 16.5. The lowest BCUT2D eigenvalue weighted by atomic mass is 10.2. The van der Waals surface area contributed by atoms with Crippen molar-refractivity contribution in [3.8, 4) is 5.69 Å².